The second-order valence-corrected chi connectivity index (χ2v) is 14.0. The zero-order chi connectivity index (χ0) is 37.7. The van der Waals surface area contributed by atoms with E-state index in [4.69, 9.17) is 9.47 Å². The summed E-state index contributed by atoms with van der Waals surface area (Å²) in [4.78, 5) is 41.3. The zero-order valence-corrected chi connectivity index (χ0v) is 29.5. The molecule has 2 amide bonds. The number of aliphatic hydroxyl groups excluding tert-OH is 1. The molecule has 1 aromatic heterocycles. The average molecular weight is 750 g/mol. The molecule has 3 heterocycles. The molecule has 2 fully saturated rings. The van der Waals surface area contributed by atoms with Gasteiger partial charge in [0.15, 0.2) is 6.29 Å². The van der Waals surface area contributed by atoms with E-state index in [1.165, 1.54) is 17.8 Å². The number of aliphatic hydroxyl groups is 1. The van der Waals surface area contributed by atoms with Crippen LogP contribution in [-0.2, 0) is 32.2 Å². The summed E-state index contributed by atoms with van der Waals surface area (Å²) in [6.07, 6.45) is -4.47. The molecular weight excluding hydrogens is 712 g/mol. The third-order valence-corrected chi connectivity index (χ3v) is 10.6. The van der Waals surface area contributed by atoms with E-state index in [2.05, 4.69) is 10.3 Å². The van der Waals surface area contributed by atoms with Crippen LogP contribution >= 0.6 is 11.8 Å². The van der Waals surface area contributed by atoms with Crippen molar-refractivity contribution in [1.29, 1.82) is 0 Å². The number of carboxylic acid groups (broad SMARTS) is 1. The van der Waals surface area contributed by atoms with E-state index in [1.807, 2.05) is 73.7 Å². The molecule has 0 aliphatic carbocycles. The summed E-state index contributed by atoms with van der Waals surface area (Å²) in [5, 5.41) is 22.3. The molecule has 6 rings (SSSR count). The number of carbonyl (C=O) groups is 3. The van der Waals surface area contributed by atoms with Crippen molar-refractivity contribution < 1.29 is 47.2 Å². The minimum Gasteiger partial charge on any atom is -0.478 e. The number of halogens is 3. The first-order valence-corrected chi connectivity index (χ1v) is 18.1. The summed E-state index contributed by atoms with van der Waals surface area (Å²) in [6.45, 7) is 1.89. The highest BCUT2D eigenvalue weighted by Gasteiger charge is 2.47. The van der Waals surface area contributed by atoms with Gasteiger partial charge < -0.3 is 29.9 Å². The third-order valence-electron chi connectivity index (χ3n) is 9.48. The molecule has 5 atom stereocenters. The van der Waals surface area contributed by atoms with Crippen molar-refractivity contribution in [1.82, 2.24) is 15.2 Å². The number of hydrogen-bond donors (Lipinski definition) is 3. The molecule has 0 unspecified atom stereocenters. The number of carboxylic acids is 1. The van der Waals surface area contributed by atoms with Crippen molar-refractivity contribution in [2.45, 2.75) is 68.7 Å². The maximum absolute atomic E-state index is 13.0. The minimum atomic E-state index is -5.04. The van der Waals surface area contributed by atoms with Gasteiger partial charge in [-0.2, -0.15) is 13.2 Å². The first-order chi connectivity index (χ1) is 25.4. The fourth-order valence-corrected chi connectivity index (χ4v) is 7.74. The van der Waals surface area contributed by atoms with E-state index >= 15 is 0 Å². The molecule has 10 nitrogen and oxygen atoms in total. The van der Waals surface area contributed by atoms with Gasteiger partial charge in [0, 0.05) is 36.5 Å². The van der Waals surface area contributed by atoms with Gasteiger partial charge in [0.2, 0.25) is 5.91 Å². The Kier molecular flexibility index (Phi) is 11.8. The number of carbonyl (C=O) groups excluding carboxylic acids is 2. The number of nitrogens with one attached hydrogen (secondary N) is 1. The molecule has 3 aromatic carbocycles. The predicted octanol–water partition coefficient (Wildman–Crippen LogP) is 6.69. The molecule has 0 saturated carbocycles. The highest BCUT2D eigenvalue weighted by atomic mass is 32.2. The molecule has 0 radical (unpaired) electrons. The van der Waals surface area contributed by atoms with Crippen molar-refractivity contribution in [3.63, 3.8) is 0 Å². The average Bonchev–Trinajstić information content (AvgIpc) is 3.66. The lowest BCUT2D eigenvalue weighted by Crippen LogP contribution is -2.50. The maximum atomic E-state index is 13.0. The first kappa shape index (κ1) is 38.0. The van der Waals surface area contributed by atoms with Gasteiger partial charge in [0.1, 0.15) is 11.1 Å². The van der Waals surface area contributed by atoms with E-state index < -0.39 is 36.3 Å². The van der Waals surface area contributed by atoms with E-state index in [1.54, 1.807) is 18.3 Å². The van der Waals surface area contributed by atoms with Crippen LogP contribution in [0.2, 0.25) is 0 Å². The summed E-state index contributed by atoms with van der Waals surface area (Å²) >= 11 is 1.31. The van der Waals surface area contributed by atoms with Crippen LogP contribution in [0, 0.1) is 5.92 Å². The lowest BCUT2D eigenvalue weighted by atomic mass is 9.91. The van der Waals surface area contributed by atoms with Gasteiger partial charge in [0.05, 0.1) is 24.4 Å². The Labute approximate surface area is 308 Å². The first-order valence-electron chi connectivity index (χ1n) is 17.1. The van der Waals surface area contributed by atoms with Crippen LogP contribution in [0.4, 0.5) is 13.2 Å². The number of thioether (sulfide) groups is 1. The Hall–Kier alpha value is -4.76. The molecule has 2 aliphatic heterocycles. The van der Waals surface area contributed by atoms with Gasteiger partial charge in [0.25, 0.3) is 0 Å². The van der Waals surface area contributed by atoms with Gasteiger partial charge in [-0.05, 0) is 58.9 Å². The van der Waals surface area contributed by atoms with Crippen molar-refractivity contribution in [3.05, 3.63) is 119 Å². The number of likely N-dealkylation sites (tertiary alicyclic amines) is 1. The lowest BCUT2D eigenvalue weighted by molar-refractivity contribution is -0.268. The van der Waals surface area contributed by atoms with Gasteiger partial charge >= 0.3 is 18.1 Å². The molecule has 2 saturated heterocycles. The number of ether oxygens (including phenoxy) is 2. The number of aromatic nitrogens is 1. The van der Waals surface area contributed by atoms with Crippen LogP contribution in [0.25, 0.3) is 11.1 Å². The maximum Gasteiger partial charge on any atom is 0.471 e. The molecule has 53 heavy (non-hydrogen) atoms. The smallest absolute Gasteiger partial charge is 0.471 e. The highest BCUT2D eigenvalue weighted by Crippen LogP contribution is 2.43. The van der Waals surface area contributed by atoms with Gasteiger partial charge in [-0.1, -0.05) is 73.7 Å². The van der Waals surface area contributed by atoms with Crippen LogP contribution in [0.1, 0.15) is 64.8 Å². The fraction of sp³-hybridized carbons (Fsp3) is 0.333. The second-order valence-electron chi connectivity index (χ2n) is 13.0. The van der Waals surface area contributed by atoms with Crippen LogP contribution < -0.4 is 5.32 Å². The SMILES string of the molecule is C[C@@H]1[C@H](CSc2ncccc2C(=O)O)O[C@H](c2ccc(-c3cccc(CNC(=O)[C@@H]4CCCN4C(=O)C(F)(F)F)c3)cc2)O[C@@H]1c1ccc(CO)cc1. The zero-order valence-electron chi connectivity index (χ0n) is 28.7. The quantitative estimate of drug-likeness (QED) is 0.143. The number of benzene rings is 3. The van der Waals surface area contributed by atoms with Crippen LogP contribution in [0.3, 0.4) is 0 Å². The second kappa shape index (κ2) is 16.5. The molecule has 0 bridgehead atoms. The molecule has 2 aliphatic rings. The van der Waals surface area contributed by atoms with Crippen molar-refractivity contribution in [2.75, 3.05) is 12.3 Å². The fourth-order valence-electron chi connectivity index (χ4n) is 6.59. The van der Waals surface area contributed by atoms with E-state index in [0.29, 0.717) is 22.1 Å². The minimum absolute atomic E-state index is 0.0732. The Balaban J connectivity index is 1.16. The topological polar surface area (TPSA) is 138 Å². The van der Waals surface area contributed by atoms with Crippen LogP contribution in [0.5, 0.6) is 0 Å². The number of alkyl halides is 3. The Morgan fingerprint density at radius 3 is 2.38 bits per heavy atom. The van der Waals surface area contributed by atoms with E-state index in [-0.39, 0.29) is 49.8 Å². The van der Waals surface area contributed by atoms with Gasteiger partial charge in [-0.25, -0.2) is 9.78 Å². The molecular formula is C39H38F3N3O7S. The van der Waals surface area contributed by atoms with E-state index in [9.17, 15) is 37.8 Å². The number of pyridine rings is 1. The highest BCUT2D eigenvalue weighted by molar-refractivity contribution is 7.99. The van der Waals surface area contributed by atoms with Gasteiger partial charge in [-0.15, -0.1) is 11.8 Å². The number of nitrogens with zero attached hydrogens (tertiary/aromatic N) is 2. The Morgan fingerprint density at radius 2 is 1.68 bits per heavy atom. The third kappa shape index (κ3) is 8.90. The van der Waals surface area contributed by atoms with Crippen molar-refractivity contribution in [2.24, 2.45) is 5.92 Å². The van der Waals surface area contributed by atoms with E-state index in [0.717, 1.165) is 33.4 Å². The number of amides is 2. The Morgan fingerprint density at radius 1 is 0.943 bits per heavy atom. The van der Waals surface area contributed by atoms with Gasteiger partial charge in [-0.3, -0.25) is 9.59 Å². The number of hydrogen-bond acceptors (Lipinski definition) is 8. The summed E-state index contributed by atoms with van der Waals surface area (Å²) in [5.74, 6) is -3.39. The molecule has 0 spiro atoms. The predicted molar refractivity (Wildman–Crippen MR) is 189 cm³/mol. The monoisotopic (exact) mass is 749 g/mol. The summed E-state index contributed by atoms with van der Waals surface area (Å²) < 4.78 is 52.2. The standard InChI is InChI=1S/C39H38F3N3O7S/c1-23-32(22-53-35-30(36(48)49)7-3-17-43-35)51-37(52-33(23)27-11-9-24(21-46)10-12-27)28-15-13-26(14-16-28)29-6-2-5-25(19-29)20-44-34(47)31-8-4-18-45(31)38(50)39(40,41)42/h2-3,5-7,9-17,19,23,31-33,37,46H,4,8,18,20-22H2,1H3,(H,44,47)(H,48,49)/t23-,31+,32+,33+,37+/m1/s1. The van der Waals surface area contributed by atoms with Crippen molar-refractivity contribution >= 4 is 29.5 Å². The summed E-state index contributed by atoms with van der Waals surface area (Å²) in [7, 11) is 0. The Bertz CT molecular complexity index is 1930. The molecule has 14 heteroatoms. The lowest BCUT2D eigenvalue weighted by Gasteiger charge is -2.41. The summed E-state index contributed by atoms with van der Waals surface area (Å²) in [6, 6.07) is 24.5. The van der Waals surface area contributed by atoms with Crippen LogP contribution in [0.15, 0.2) is 96.2 Å². The molecule has 278 valence electrons. The van der Waals surface area contributed by atoms with Crippen LogP contribution in [-0.4, -0.2) is 68.5 Å². The normalized spacial score (nSPS) is 21.7. The van der Waals surface area contributed by atoms with Crippen molar-refractivity contribution in [3.8, 4) is 11.1 Å². The largest absolute Gasteiger partial charge is 0.478 e. The molecule has 3 N–H and O–H groups in total. The number of aromatic carboxylic acids is 1. The summed E-state index contributed by atoms with van der Waals surface area (Å²) in [5.41, 5.74) is 5.00. The molecule has 4 aromatic rings. The number of rotatable bonds is 11.